The largest absolute Gasteiger partial charge is 0.508 e. The minimum atomic E-state index is -1.57. The van der Waals surface area contributed by atoms with Gasteiger partial charge in [0.05, 0.1) is 17.5 Å². The van der Waals surface area contributed by atoms with Gasteiger partial charge in [-0.05, 0) is 54.4 Å². The number of nitrogens with zero attached hydrogens (tertiary/aromatic N) is 1. The molecule has 8 heteroatoms. The van der Waals surface area contributed by atoms with E-state index < -0.39 is 47.0 Å². The first-order valence-corrected chi connectivity index (χ1v) is 11.0. The summed E-state index contributed by atoms with van der Waals surface area (Å²) in [5.74, 6) is -3.66. The van der Waals surface area contributed by atoms with Crippen molar-refractivity contribution < 1.29 is 23.9 Å². The minimum Gasteiger partial charge on any atom is -0.508 e. The molecule has 3 heterocycles. The zero-order valence-electron chi connectivity index (χ0n) is 17.9. The van der Waals surface area contributed by atoms with Crippen LogP contribution in [0, 0.1) is 17.7 Å². The van der Waals surface area contributed by atoms with Gasteiger partial charge in [-0.1, -0.05) is 30.3 Å². The summed E-state index contributed by atoms with van der Waals surface area (Å²) in [4.78, 5) is 42.1. The molecule has 3 aliphatic rings. The SMILES string of the molecule is O=C1[C@@H]2[C@H](Cc3ccc(O)cc3)N[C@]3(C(=O)Nc4ccc(F)cc43)[C@@H]2C(=O)N1c1ccccc1. The Morgan fingerprint density at radius 3 is 2.41 bits per heavy atom. The molecule has 3 aliphatic heterocycles. The molecular formula is C26H20FN3O4. The van der Waals surface area contributed by atoms with E-state index in [0.29, 0.717) is 23.4 Å². The summed E-state index contributed by atoms with van der Waals surface area (Å²) in [7, 11) is 0. The Labute approximate surface area is 194 Å². The number of halogens is 1. The normalized spacial score (nSPS) is 27.3. The number of carbonyl (C=O) groups is 3. The number of phenolic OH excluding ortho intramolecular Hbond substituents is 1. The Morgan fingerprint density at radius 2 is 1.68 bits per heavy atom. The van der Waals surface area contributed by atoms with Crippen molar-refractivity contribution in [2.24, 2.45) is 11.8 Å². The highest BCUT2D eigenvalue weighted by Gasteiger charge is 2.70. The van der Waals surface area contributed by atoms with E-state index in [-0.39, 0.29) is 5.75 Å². The van der Waals surface area contributed by atoms with Crippen LogP contribution in [0.3, 0.4) is 0 Å². The first kappa shape index (κ1) is 20.6. The molecule has 34 heavy (non-hydrogen) atoms. The van der Waals surface area contributed by atoms with Crippen molar-refractivity contribution in [3.63, 3.8) is 0 Å². The first-order valence-electron chi connectivity index (χ1n) is 11.0. The number of fused-ring (bicyclic) bond motifs is 4. The van der Waals surface area contributed by atoms with Gasteiger partial charge in [0, 0.05) is 17.3 Å². The van der Waals surface area contributed by atoms with Crippen molar-refractivity contribution in [2.75, 3.05) is 10.2 Å². The predicted molar refractivity (Wildman–Crippen MR) is 121 cm³/mol. The van der Waals surface area contributed by atoms with Crippen LogP contribution in [0.4, 0.5) is 15.8 Å². The number of hydrogen-bond acceptors (Lipinski definition) is 5. The van der Waals surface area contributed by atoms with E-state index in [9.17, 15) is 23.9 Å². The molecule has 170 valence electrons. The number of para-hydroxylation sites is 1. The van der Waals surface area contributed by atoms with Crippen molar-refractivity contribution in [1.82, 2.24) is 5.32 Å². The van der Waals surface area contributed by atoms with Crippen LogP contribution in [0.2, 0.25) is 0 Å². The summed E-state index contributed by atoms with van der Waals surface area (Å²) in [5, 5.41) is 15.7. The molecule has 0 aliphatic carbocycles. The summed E-state index contributed by atoms with van der Waals surface area (Å²) in [6, 6.07) is 18.6. The fourth-order valence-corrected chi connectivity index (χ4v) is 5.67. The smallest absolute Gasteiger partial charge is 0.250 e. The molecule has 0 bridgehead atoms. The van der Waals surface area contributed by atoms with Gasteiger partial charge in [0.2, 0.25) is 17.7 Å². The second kappa shape index (κ2) is 7.23. The maximum atomic E-state index is 14.3. The molecule has 3 N–H and O–H groups in total. The van der Waals surface area contributed by atoms with Crippen LogP contribution in [-0.4, -0.2) is 28.9 Å². The molecule has 2 fully saturated rings. The van der Waals surface area contributed by atoms with Crippen molar-refractivity contribution in [2.45, 2.75) is 18.0 Å². The average molecular weight is 457 g/mol. The topological polar surface area (TPSA) is 98.7 Å². The van der Waals surface area contributed by atoms with E-state index >= 15 is 0 Å². The molecule has 6 rings (SSSR count). The average Bonchev–Trinajstić information content (AvgIpc) is 3.40. The predicted octanol–water partition coefficient (Wildman–Crippen LogP) is 2.70. The molecule has 0 radical (unpaired) electrons. The Morgan fingerprint density at radius 1 is 0.941 bits per heavy atom. The van der Waals surface area contributed by atoms with Gasteiger partial charge in [0.15, 0.2) is 0 Å². The lowest BCUT2D eigenvalue weighted by Crippen LogP contribution is -2.53. The molecule has 3 aromatic rings. The van der Waals surface area contributed by atoms with Crippen molar-refractivity contribution in [1.29, 1.82) is 0 Å². The maximum Gasteiger partial charge on any atom is 0.250 e. The molecular weight excluding hydrogens is 437 g/mol. The number of amides is 3. The summed E-state index contributed by atoms with van der Waals surface area (Å²) in [5.41, 5.74) is 0.434. The zero-order chi connectivity index (χ0) is 23.6. The van der Waals surface area contributed by atoms with E-state index in [4.69, 9.17) is 0 Å². The van der Waals surface area contributed by atoms with Gasteiger partial charge in [-0.25, -0.2) is 9.29 Å². The number of benzene rings is 3. The fraction of sp³-hybridized carbons (Fsp3) is 0.192. The lowest BCUT2D eigenvalue weighted by atomic mass is 9.76. The molecule has 0 aromatic heterocycles. The molecule has 1 spiro atoms. The lowest BCUT2D eigenvalue weighted by Gasteiger charge is -2.29. The van der Waals surface area contributed by atoms with Crippen molar-refractivity contribution >= 4 is 29.1 Å². The molecule has 0 unspecified atom stereocenters. The van der Waals surface area contributed by atoms with Gasteiger partial charge in [-0.2, -0.15) is 0 Å². The first-order chi connectivity index (χ1) is 16.4. The number of carbonyl (C=O) groups excluding carboxylic acids is 3. The number of imide groups is 1. The second-order valence-corrected chi connectivity index (χ2v) is 8.92. The third kappa shape index (κ3) is 2.75. The Hall–Kier alpha value is -4.04. The number of aromatic hydroxyl groups is 1. The van der Waals surface area contributed by atoms with E-state index in [0.717, 1.165) is 10.5 Å². The zero-order valence-corrected chi connectivity index (χ0v) is 17.9. The van der Waals surface area contributed by atoms with Gasteiger partial charge < -0.3 is 10.4 Å². The van der Waals surface area contributed by atoms with Gasteiger partial charge >= 0.3 is 0 Å². The standard InChI is InChI=1S/C26H20FN3O4/c27-15-8-11-19-18(13-15)26(25(34)28-19)22-21(20(29-26)12-14-6-9-17(31)10-7-14)23(32)30(24(22)33)16-4-2-1-3-5-16/h1-11,13,20-22,29,31H,12H2,(H,28,34)/t20-,21+,22-,26-/m0/s1. The summed E-state index contributed by atoms with van der Waals surface area (Å²) in [6.07, 6.45) is 0.336. The summed E-state index contributed by atoms with van der Waals surface area (Å²) < 4.78 is 14.3. The monoisotopic (exact) mass is 457 g/mol. The van der Waals surface area contributed by atoms with Crippen LogP contribution in [-0.2, 0) is 26.3 Å². The van der Waals surface area contributed by atoms with Crippen LogP contribution in [0.1, 0.15) is 11.1 Å². The third-order valence-corrected chi connectivity index (χ3v) is 7.08. The summed E-state index contributed by atoms with van der Waals surface area (Å²) in [6.45, 7) is 0. The quantitative estimate of drug-likeness (QED) is 0.526. The highest BCUT2D eigenvalue weighted by molar-refractivity contribution is 6.25. The molecule has 7 nitrogen and oxygen atoms in total. The highest BCUT2D eigenvalue weighted by atomic mass is 19.1. The van der Waals surface area contributed by atoms with Crippen LogP contribution in [0.25, 0.3) is 0 Å². The highest BCUT2D eigenvalue weighted by Crippen LogP contribution is 2.54. The summed E-state index contributed by atoms with van der Waals surface area (Å²) >= 11 is 0. The van der Waals surface area contributed by atoms with Gasteiger partial charge in [0.25, 0.3) is 0 Å². The van der Waals surface area contributed by atoms with Gasteiger partial charge in [-0.15, -0.1) is 0 Å². The fourth-order valence-electron chi connectivity index (χ4n) is 5.67. The number of nitrogens with one attached hydrogen (secondary N) is 2. The number of hydrogen-bond donors (Lipinski definition) is 3. The second-order valence-electron chi connectivity index (χ2n) is 8.92. The minimum absolute atomic E-state index is 0.111. The molecule has 4 atom stereocenters. The van der Waals surface area contributed by atoms with Gasteiger partial charge in [0.1, 0.15) is 17.1 Å². The van der Waals surface area contributed by atoms with Gasteiger partial charge in [-0.3, -0.25) is 19.7 Å². The number of anilines is 2. The van der Waals surface area contributed by atoms with E-state index in [1.807, 2.05) is 0 Å². The van der Waals surface area contributed by atoms with Crippen LogP contribution >= 0.6 is 0 Å². The van der Waals surface area contributed by atoms with E-state index in [1.54, 1.807) is 54.6 Å². The third-order valence-electron chi connectivity index (χ3n) is 7.08. The van der Waals surface area contributed by atoms with Crippen LogP contribution < -0.4 is 15.5 Å². The Kier molecular flexibility index (Phi) is 4.37. The van der Waals surface area contributed by atoms with E-state index in [2.05, 4.69) is 10.6 Å². The van der Waals surface area contributed by atoms with Crippen molar-refractivity contribution in [3.05, 3.63) is 89.7 Å². The van der Waals surface area contributed by atoms with Crippen molar-refractivity contribution in [3.8, 4) is 5.75 Å². The Balaban J connectivity index is 1.50. The van der Waals surface area contributed by atoms with Crippen LogP contribution in [0.15, 0.2) is 72.8 Å². The molecule has 3 amide bonds. The van der Waals surface area contributed by atoms with Crippen LogP contribution in [0.5, 0.6) is 5.75 Å². The van der Waals surface area contributed by atoms with E-state index in [1.165, 1.54) is 18.2 Å². The maximum absolute atomic E-state index is 14.3. The lowest BCUT2D eigenvalue weighted by molar-refractivity contribution is -0.130. The number of rotatable bonds is 3. The number of phenols is 1. The Bertz CT molecular complexity index is 1340. The molecule has 0 saturated carbocycles. The molecule has 2 saturated heterocycles. The molecule has 3 aromatic carbocycles.